The maximum atomic E-state index is 12.8. The molecule has 2 aromatic heterocycles. The van der Waals surface area contributed by atoms with E-state index in [-0.39, 0.29) is 11.8 Å². The van der Waals surface area contributed by atoms with Crippen LogP contribution in [0.25, 0.3) is 16.9 Å². The minimum Gasteiger partial charge on any atom is -0.356 e. The molecule has 1 N–H and O–H groups in total. The highest BCUT2D eigenvalue weighted by Gasteiger charge is 2.26. The maximum absolute atomic E-state index is 12.8. The Hall–Kier alpha value is -3.67. The van der Waals surface area contributed by atoms with Crippen LogP contribution < -0.4 is 10.2 Å². The normalized spacial score (nSPS) is 14.5. The summed E-state index contributed by atoms with van der Waals surface area (Å²) in [6.07, 6.45) is 1.66. The number of benzene rings is 2. The lowest BCUT2D eigenvalue weighted by molar-refractivity contribution is -0.125. The molecule has 0 saturated carbocycles. The smallest absolute Gasteiger partial charge is 0.223 e. The number of amides is 1. The molecule has 6 nitrogen and oxygen atoms in total. The van der Waals surface area contributed by atoms with Crippen LogP contribution in [0.3, 0.4) is 0 Å². The quantitative estimate of drug-likeness (QED) is 0.496. The molecular weight excluding hydrogens is 410 g/mol. The van der Waals surface area contributed by atoms with Crippen LogP contribution in [0.15, 0.2) is 66.7 Å². The third kappa shape index (κ3) is 4.60. The molecule has 0 unspecified atom stereocenters. The van der Waals surface area contributed by atoms with Crippen molar-refractivity contribution in [1.82, 2.24) is 19.9 Å². The predicted molar refractivity (Wildman–Crippen MR) is 131 cm³/mol. The minimum atomic E-state index is 0.0435. The number of hydrogen-bond acceptors (Lipinski definition) is 4. The van der Waals surface area contributed by atoms with Gasteiger partial charge in [0, 0.05) is 48.9 Å². The first-order chi connectivity index (χ1) is 16.1. The van der Waals surface area contributed by atoms with Crippen LogP contribution >= 0.6 is 0 Å². The number of hydrogen-bond donors (Lipinski definition) is 1. The monoisotopic (exact) mass is 439 g/mol. The van der Waals surface area contributed by atoms with E-state index in [1.165, 1.54) is 5.56 Å². The summed E-state index contributed by atoms with van der Waals surface area (Å²) in [6, 6.07) is 22.6. The molecule has 1 fully saturated rings. The summed E-state index contributed by atoms with van der Waals surface area (Å²) in [7, 11) is 0. The van der Waals surface area contributed by atoms with Crippen molar-refractivity contribution in [2.45, 2.75) is 33.2 Å². The lowest BCUT2D eigenvalue weighted by Gasteiger charge is -2.33. The van der Waals surface area contributed by atoms with Crippen molar-refractivity contribution in [1.29, 1.82) is 0 Å². The lowest BCUT2D eigenvalue weighted by atomic mass is 9.95. The van der Waals surface area contributed by atoms with Crippen molar-refractivity contribution < 1.29 is 4.79 Å². The third-order valence-corrected chi connectivity index (χ3v) is 6.34. The molecule has 0 spiro atoms. The summed E-state index contributed by atoms with van der Waals surface area (Å²) in [5.41, 5.74) is 6.17. The molecule has 2 aromatic carbocycles. The summed E-state index contributed by atoms with van der Waals surface area (Å²) in [4.78, 5) is 19.8. The highest BCUT2D eigenvalue weighted by Crippen LogP contribution is 2.27. The van der Waals surface area contributed by atoms with Gasteiger partial charge in [0.25, 0.3) is 0 Å². The van der Waals surface area contributed by atoms with Crippen molar-refractivity contribution in [3.05, 3.63) is 83.6 Å². The van der Waals surface area contributed by atoms with E-state index in [2.05, 4.69) is 58.5 Å². The van der Waals surface area contributed by atoms with Gasteiger partial charge < -0.3 is 10.2 Å². The zero-order valence-electron chi connectivity index (χ0n) is 19.2. The summed E-state index contributed by atoms with van der Waals surface area (Å²) in [5, 5.41) is 7.98. The van der Waals surface area contributed by atoms with Gasteiger partial charge in [0.1, 0.15) is 5.82 Å². The van der Waals surface area contributed by atoms with E-state index in [9.17, 15) is 4.79 Å². The molecule has 1 aliphatic rings. The number of anilines is 1. The van der Waals surface area contributed by atoms with Crippen LogP contribution in [0.4, 0.5) is 5.82 Å². The molecule has 6 heteroatoms. The third-order valence-electron chi connectivity index (χ3n) is 6.34. The van der Waals surface area contributed by atoms with Crippen LogP contribution in [0.2, 0.25) is 0 Å². The van der Waals surface area contributed by atoms with Crippen LogP contribution in [-0.2, 0) is 11.3 Å². The first kappa shape index (κ1) is 21.2. The van der Waals surface area contributed by atoms with Gasteiger partial charge in [-0.05, 0) is 32.3 Å². The van der Waals surface area contributed by atoms with E-state index < -0.39 is 0 Å². The Kier molecular flexibility index (Phi) is 5.82. The van der Waals surface area contributed by atoms with E-state index in [0.717, 1.165) is 59.9 Å². The summed E-state index contributed by atoms with van der Waals surface area (Å²) in [6.45, 7) is 6.31. The molecule has 3 heterocycles. The Balaban J connectivity index is 1.28. The molecule has 0 atom stereocenters. The predicted octanol–water partition coefficient (Wildman–Crippen LogP) is 4.55. The van der Waals surface area contributed by atoms with Crippen LogP contribution in [0, 0.1) is 19.8 Å². The zero-order valence-corrected chi connectivity index (χ0v) is 19.2. The van der Waals surface area contributed by atoms with Crippen LogP contribution in [-0.4, -0.2) is 33.6 Å². The number of nitrogens with one attached hydrogen (secondary N) is 1. The molecule has 168 valence electrons. The fourth-order valence-electron chi connectivity index (χ4n) is 4.58. The van der Waals surface area contributed by atoms with Gasteiger partial charge in [0.05, 0.1) is 5.69 Å². The van der Waals surface area contributed by atoms with Crippen molar-refractivity contribution >= 4 is 17.4 Å². The van der Waals surface area contributed by atoms with E-state index >= 15 is 0 Å². The van der Waals surface area contributed by atoms with Gasteiger partial charge >= 0.3 is 0 Å². The Labute approximate surface area is 194 Å². The Bertz CT molecular complexity index is 1270. The number of carbonyl (C=O) groups is 1. The SMILES string of the molecule is Cc1cccc(CNC(=O)C2CCN(c3cc(C)nc4cc(-c5ccccc5)nn34)CC2)c1. The van der Waals surface area contributed by atoms with Crippen molar-refractivity contribution in [3.63, 3.8) is 0 Å². The van der Waals surface area contributed by atoms with E-state index in [1.807, 2.05) is 41.8 Å². The Morgan fingerprint density at radius 3 is 2.55 bits per heavy atom. The van der Waals surface area contributed by atoms with Gasteiger partial charge in [-0.3, -0.25) is 4.79 Å². The van der Waals surface area contributed by atoms with Crippen molar-refractivity contribution in [3.8, 4) is 11.3 Å². The van der Waals surface area contributed by atoms with Gasteiger partial charge in [0.2, 0.25) is 5.91 Å². The zero-order chi connectivity index (χ0) is 22.8. The maximum Gasteiger partial charge on any atom is 0.223 e. The molecule has 4 aromatic rings. The van der Waals surface area contributed by atoms with Crippen molar-refractivity contribution in [2.24, 2.45) is 5.92 Å². The summed E-state index contributed by atoms with van der Waals surface area (Å²) in [5.74, 6) is 1.23. The topological polar surface area (TPSA) is 62.5 Å². The largest absolute Gasteiger partial charge is 0.356 e. The van der Waals surface area contributed by atoms with E-state index in [0.29, 0.717) is 6.54 Å². The van der Waals surface area contributed by atoms with Gasteiger partial charge in [-0.15, -0.1) is 0 Å². The van der Waals surface area contributed by atoms with Gasteiger partial charge in [-0.2, -0.15) is 9.61 Å². The first-order valence-corrected chi connectivity index (χ1v) is 11.6. The number of fused-ring (bicyclic) bond motifs is 1. The molecule has 1 saturated heterocycles. The molecule has 0 bridgehead atoms. The fourth-order valence-corrected chi connectivity index (χ4v) is 4.58. The lowest BCUT2D eigenvalue weighted by Crippen LogP contribution is -2.41. The number of carbonyl (C=O) groups excluding carboxylic acids is 1. The summed E-state index contributed by atoms with van der Waals surface area (Å²) >= 11 is 0. The number of piperidine rings is 1. The van der Waals surface area contributed by atoms with Crippen LogP contribution in [0.5, 0.6) is 0 Å². The number of aromatic nitrogens is 3. The molecule has 0 aliphatic carbocycles. The van der Waals surface area contributed by atoms with Crippen LogP contribution in [0.1, 0.15) is 29.7 Å². The van der Waals surface area contributed by atoms with Gasteiger partial charge in [0.15, 0.2) is 5.65 Å². The molecule has 5 rings (SSSR count). The second kappa shape index (κ2) is 9.06. The van der Waals surface area contributed by atoms with Gasteiger partial charge in [-0.25, -0.2) is 4.98 Å². The highest BCUT2D eigenvalue weighted by molar-refractivity contribution is 5.79. The highest BCUT2D eigenvalue weighted by atomic mass is 16.1. The second-order valence-corrected chi connectivity index (χ2v) is 8.89. The van der Waals surface area contributed by atoms with E-state index in [4.69, 9.17) is 5.10 Å². The van der Waals surface area contributed by atoms with Crippen molar-refractivity contribution in [2.75, 3.05) is 18.0 Å². The van der Waals surface area contributed by atoms with E-state index in [1.54, 1.807) is 0 Å². The number of rotatable bonds is 5. The summed E-state index contributed by atoms with van der Waals surface area (Å²) < 4.78 is 1.94. The molecule has 33 heavy (non-hydrogen) atoms. The standard InChI is InChI=1S/C27H29N5O/c1-19-7-6-8-21(15-19)18-28-27(33)23-11-13-31(14-12-23)26-16-20(2)29-25-17-24(30-32(25)26)22-9-4-3-5-10-22/h3-10,15-17,23H,11-14,18H2,1-2H3,(H,28,33). The Morgan fingerprint density at radius 1 is 1.00 bits per heavy atom. The first-order valence-electron chi connectivity index (χ1n) is 11.6. The van der Waals surface area contributed by atoms with Gasteiger partial charge in [-0.1, -0.05) is 60.2 Å². The number of aryl methyl sites for hydroxylation is 2. The number of nitrogens with zero attached hydrogens (tertiary/aromatic N) is 4. The average molecular weight is 440 g/mol. The average Bonchev–Trinajstić information content (AvgIpc) is 3.27. The molecule has 1 amide bonds. The second-order valence-electron chi connectivity index (χ2n) is 8.89. The molecule has 0 radical (unpaired) electrons. The minimum absolute atomic E-state index is 0.0435. The molecule has 1 aliphatic heterocycles. The molecular formula is C27H29N5O. The fraction of sp³-hybridized carbons (Fsp3) is 0.296. The Morgan fingerprint density at radius 2 is 1.79 bits per heavy atom.